The van der Waals surface area contributed by atoms with Gasteiger partial charge in [-0.15, -0.1) is 0 Å². The lowest BCUT2D eigenvalue weighted by molar-refractivity contribution is 0.0923. The Kier molecular flexibility index (Phi) is 5.30. The van der Waals surface area contributed by atoms with Gasteiger partial charge >= 0.3 is 0 Å². The molecule has 3 rings (SSSR count). The van der Waals surface area contributed by atoms with E-state index in [1.54, 1.807) is 6.07 Å². The molecule has 0 bridgehead atoms. The maximum atomic E-state index is 13.7. The molecule has 24 heavy (non-hydrogen) atoms. The summed E-state index contributed by atoms with van der Waals surface area (Å²) in [5, 5.41) is 6.70. The van der Waals surface area contributed by atoms with E-state index in [0.29, 0.717) is 16.2 Å². The standard InChI is InChI=1S/C17H18BrFN2O3/c1-23-9-14-8-16(21-24-14)17(22)20-15(4-10-2-3-10)11-5-12(18)7-13(19)6-11/h5-8,10,15H,2-4,9H2,1H3,(H,20,22). The van der Waals surface area contributed by atoms with E-state index in [1.165, 1.54) is 19.2 Å². The molecule has 1 amide bonds. The second-order valence-corrected chi connectivity index (χ2v) is 6.94. The molecule has 1 aromatic heterocycles. The lowest BCUT2D eigenvalue weighted by Gasteiger charge is -2.19. The van der Waals surface area contributed by atoms with Gasteiger partial charge in [0.15, 0.2) is 11.5 Å². The maximum absolute atomic E-state index is 13.7. The Morgan fingerprint density at radius 1 is 1.46 bits per heavy atom. The van der Waals surface area contributed by atoms with Crippen LogP contribution in [0.15, 0.2) is 33.3 Å². The van der Waals surface area contributed by atoms with Crippen LogP contribution in [0.25, 0.3) is 0 Å². The number of nitrogens with one attached hydrogen (secondary N) is 1. The van der Waals surface area contributed by atoms with Crippen molar-refractivity contribution < 1.29 is 18.4 Å². The molecule has 1 unspecified atom stereocenters. The highest BCUT2D eigenvalue weighted by atomic mass is 79.9. The summed E-state index contributed by atoms with van der Waals surface area (Å²) in [7, 11) is 1.54. The first-order chi connectivity index (χ1) is 11.5. The number of hydrogen-bond donors (Lipinski definition) is 1. The number of hydrogen-bond acceptors (Lipinski definition) is 4. The molecule has 1 atom stereocenters. The normalized spacial score (nSPS) is 15.3. The number of methoxy groups -OCH3 is 1. The van der Waals surface area contributed by atoms with Crippen LogP contribution in [0.1, 0.15) is 47.1 Å². The van der Waals surface area contributed by atoms with Gasteiger partial charge in [-0.1, -0.05) is 33.9 Å². The van der Waals surface area contributed by atoms with Crippen molar-refractivity contribution in [2.75, 3.05) is 7.11 Å². The number of carbonyl (C=O) groups excluding carboxylic acids is 1. The van der Waals surface area contributed by atoms with Gasteiger partial charge in [-0.2, -0.15) is 0 Å². The molecule has 1 N–H and O–H groups in total. The highest BCUT2D eigenvalue weighted by Gasteiger charge is 2.28. The highest BCUT2D eigenvalue weighted by molar-refractivity contribution is 9.10. The molecular formula is C17H18BrFN2O3. The molecule has 5 nitrogen and oxygen atoms in total. The fourth-order valence-electron chi connectivity index (χ4n) is 2.60. The Labute approximate surface area is 147 Å². The molecule has 0 saturated heterocycles. The SMILES string of the molecule is COCc1cc(C(=O)NC(CC2CC2)c2cc(F)cc(Br)c2)no1. The molecule has 1 aliphatic rings. The first-order valence-electron chi connectivity index (χ1n) is 7.76. The molecule has 7 heteroatoms. The number of carbonyl (C=O) groups is 1. The maximum Gasteiger partial charge on any atom is 0.273 e. The van der Waals surface area contributed by atoms with Crippen LogP contribution in [0.3, 0.4) is 0 Å². The Hall–Kier alpha value is -1.73. The van der Waals surface area contributed by atoms with E-state index < -0.39 is 0 Å². The van der Waals surface area contributed by atoms with Crippen LogP contribution >= 0.6 is 15.9 Å². The van der Waals surface area contributed by atoms with Crippen molar-refractivity contribution >= 4 is 21.8 Å². The minimum absolute atomic E-state index is 0.193. The van der Waals surface area contributed by atoms with Crippen molar-refractivity contribution in [3.63, 3.8) is 0 Å². The molecule has 0 spiro atoms. The van der Waals surface area contributed by atoms with Crippen molar-refractivity contribution in [1.29, 1.82) is 0 Å². The summed E-state index contributed by atoms with van der Waals surface area (Å²) < 4.78 is 24.3. The molecule has 2 aromatic rings. The van der Waals surface area contributed by atoms with E-state index in [0.717, 1.165) is 24.8 Å². The highest BCUT2D eigenvalue weighted by Crippen LogP contribution is 2.38. The van der Waals surface area contributed by atoms with Crippen LogP contribution in [0.4, 0.5) is 4.39 Å². The Morgan fingerprint density at radius 3 is 2.92 bits per heavy atom. The van der Waals surface area contributed by atoms with E-state index in [1.807, 2.05) is 6.07 Å². The van der Waals surface area contributed by atoms with Gasteiger partial charge in [-0.05, 0) is 36.1 Å². The molecule has 0 aliphatic heterocycles. The van der Waals surface area contributed by atoms with Crippen molar-refractivity contribution in [3.8, 4) is 0 Å². The number of ether oxygens (including phenoxy) is 1. The number of nitrogens with zero attached hydrogens (tertiary/aromatic N) is 1. The van der Waals surface area contributed by atoms with Crippen LogP contribution in [-0.4, -0.2) is 18.2 Å². The van der Waals surface area contributed by atoms with Crippen molar-refractivity contribution in [2.45, 2.75) is 31.9 Å². The summed E-state index contributed by atoms with van der Waals surface area (Å²) in [5.74, 6) is 0.374. The van der Waals surface area contributed by atoms with Gasteiger partial charge in [0.2, 0.25) is 0 Å². The van der Waals surface area contributed by atoms with Gasteiger partial charge in [-0.25, -0.2) is 4.39 Å². The van der Waals surface area contributed by atoms with E-state index in [-0.39, 0.29) is 30.1 Å². The number of aromatic nitrogens is 1. The second kappa shape index (κ2) is 7.44. The summed E-state index contributed by atoms with van der Waals surface area (Å²) in [4.78, 5) is 12.4. The number of rotatable bonds is 7. The van der Waals surface area contributed by atoms with Gasteiger partial charge in [0.05, 0.1) is 6.04 Å². The van der Waals surface area contributed by atoms with Crippen molar-refractivity contribution in [3.05, 3.63) is 51.6 Å². The van der Waals surface area contributed by atoms with Crippen LogP contribution < -0.4 is 5.32 Å². The van der Waals surface area contributed by atoms with Crippen molar-refractivity contribution in [1.82, 2.24) is 10.5 Å². The zero-order valence-electron chi connectivity index (χ0n) is 13.2. The first kappa shape index (κ1) is 17.1. The summed E-state index contributed by atoms with van der Waals surface area (Å²) in [6.07, 6.45) is 3.07. The smallest absolute Gasteiger partial charge is 0.273 e. The number of benzene rings is 1. The zero-order chi connectivity index (χ0) is 17.1. The first-order valence-corrected chi connectivity index (χ1v) is 8.56. The third-order valence-electron chi connectivity index (χ3n) is 3.94. The Morgan fingerprint density at radius 2 is 2.25 bits per heavy atom. The predicted octanol–water partition coefficient (Wildman–Crippen LogP) is 3.99. The second-order valence-electron chi connectivity index (χ2n) is 6.02. The predicted molar refractivity (Wildman–Crippen MR) is 88.9 cm³/mol. The average Bonchev–Trinajstić information content (AvgIpc) is 3.21. The average molecular weight is 397 g/mol. The van der Waals surface area contributed by atoms with Gasteiger partial charge in [0, 0.05) is 17.6 Å². The molecule has 1 fully saturated rings. The van der Waals surface area contributed by atoms with Crippen LogP contribution in [0, 0.1) is 11.7 Å². The van der Waals surface area contributed by atoms with E-state index in [4.69, 9.17) is 9.26 Å². The van der Waals surface area contributed by atoms with Crippen LogP contribution in [-0.2, 0) is 11.3 Å². The molecular weight excluding hydrogens is 379 g/mol. The fraction of sp³-hybridized carbons (Fsp3) is 0.412. The van der Waals surface area contributed by atoms with Gasteiger partial charge in [-0.3, -0.25) is 4.79 Å². The Bertz CT molecular complexity index is 710. The largest absolute Gasteiger partial charge is 0.377 e. The summed E-state index contributed by atoms with van der Waals surface area (Å²) in [6, 6.07) is 5.97. The van der Waals surface area contributed by atoms with E-state index in [9.17, 15) is 9.18 Å². The summed E-state index contributed by atoms with van der Waals surface area (Å²) in [5.41, 5.74) is 0.932. The lowest BCUT2D eigenvalue weighted by Crippen LogP contribution is -2.29. The van der Waals surface area contributed by atoms with E-state index >= 15 is 0 Å². The van der Waals surface area contributed by atoms with Gasteiger partial charge < -0.3 is 14.6 Å². The lowest BCUT2D eigenvalue weighted by atomic mass is 10.0. The monoisotopic (exact) mass is 396 g/mol. The van der Waals surface area contributed by atoms with Crippen LogP contribution in [0.5, 0.6) is 0 Å². The third-order valence-corrected chi connectivity index (χ3v) is 4.39. The molecule has 1 aliphatic carbocycles. The minimum Gasteiger partial charge on any atom is -0.377 e. The zero-order valence-corrected chi connectivity index (χ0v) is 14.8. The summed E-state index contributed by atoms with van der Waals surface area (Å²) >= 11 is 3.30. The molecule has 0 radical (unpaired) electrons. The van der Waals surface area contributed by atoms with E-state index in [2.05, 4.69) is 26.4 Å². The molecule has 128 valence electrons. The van der Waals surface area contributed by atoms with Gasteiger partial charge in [0.25, 0.3) is 5.91 Å². The fourth-order valence-corrected chi connectivity index (χ4v) is 3.09. The van der Waals surface area contributed by atoms with Crippen molar-refractivity contribution in [2.24, 2.45) is 5.92 Å². The third kappa shape index (κ3) is 4.42. The molecule has 1 aromatic carbocycles. The summed E-state index contributed by atoms with van der Waals surface area (Å²) in [6.45, 7) is 0.253. The quantitative estimate of drug-likeness (QED) is 0.768. The van der Waals surface area contributed by atoms with Crippen LogP contribution in [0.2, 0.25) is 0 Å². The van der Waals surface area contributed by atoms with Gasteiger partial charge in [0.1, 0.15) is 12.4 Å². The molecule has 1 heterocycles. The molecule has 1 saturated carbocycles. The number of amides is 1. The topological polar surface area (TPSA) is 64.4 Å². The minimum atomic E-state index is -0.341. The number of halogens is 2. The Balaban J connectivity index is 1.76.